The quantitative estimate of drug-likeness (QED) is 0.448. The molecule has 1 heterocycles. The number of urea groups is 1. The largest absolute Gasteiger partial charge is 0.333 e. The molecule has 4 aromatic rings. The zero-order valence-corrected chi connectivity index (χ0v) is 18.0. The Morgan fingerprint density at radius 2 is 1.55 bits per heavy atom. The Morgan fingerprint density at radius 3 is 2.29 bits per heavy atom. The Morgan fingerprint density at radius 1 is 0.871 bits per heavy atom. The van der Waals surface area contributed by atoms with Gasteiger partial charge in [-0.25, -0.2) is 22.9 Å². The molecular formula is C23H19N3O3S2. The van der Waals surface area contributed by atoms with Crippen LogP contribution >= 0.6 is 11.3 Å². The molecule has 2 amide bonds. The van der Waals surface area contributed by atoms with E-state index >= 15 is 0 Å². The van der Waals surface area contributed by atoms with Crippen molar-refractivity contribution in [2.75, 3.05) is 0 Å². The number of aromatic nitrogens is 1. The standard InChI is InChI=1S/C23H19N3O3S2/c27-23(26-31(28,29)20-12-5-2-6-13-20)24-15-17-8-7-11-19(14-17)22-25-21(16-30-22)18-9-3-1-4-10-18/h1-14,16H,15H2,(H2,24,26,27). The highest BCUT2D eigenvalue weighted by Crippen LogP contribution is 2.29. The molecule has 0 aliphatic carbocycles. The van der Waals surface area contributed by atoms with Gasteiger partial charge >= 0.3 is 6.03 Å². The zero-order valence-electron chi connectivity index (χ0n) is 16.4. The van der Waals surface area contributed by atoms with Gasteiger partial charge in [-0.2, -0.15) is 0 Å². The lowest BCUT2D eigenvalue weighted by Gasteiger charge is -2.09. The van der Waals surface area contributed by atoms with Gasteiger partial charge in [-0.05, 0) is 23.8 Å². The van der Waals surface area contributed by atoms with E-state index in [0.29, 0.717) is 0 Å². The summed E-state index contributed by atoms with van der Waals surface area (Å²) in [5, 5.41) is 5.47. The lowest BCUT2D eigenvalue weighted by molar-refractivity contribution is 0.245. The first-order valence-corrected chi connectivity index (χ1v) is 11.8. The molecule has 0 aliphatic heterocycles. The highest BCUT2D eigenvalue weighted by atomic mass is 32.2. The summed E-state index contributed by atoms with van der Waals surface area (Å²) in [4.78, 5) is 16.8. The van der Waals surface area contributed by atoms with Crippen LogP contribution in [-0.2, 0) is 16.6 Å². The number of hydrogen-bond acceptors (Lipinski definition) is 5. The highest BCUT2D eigenvalue weighted by molar-refractivity contribution is 7.90. The van der Waals surface area contributed by atoms with Crippen LogP contribution in [0.2, 0.25) is 0 Å². The summed E-state index contributed by atoms with van der Waals surface area (Å²) < 4.78 is 26.5. The van der Waals surface area contributed by atoms with Crippen molar-refractivity contribution in [2.45, 2.75) is 11.4 Å². The minimum Gasteiger partial charge on any atom is -0.333 e. The van der Waals surface area contributed by atoms with Gasteiger partial charge < -0.3 is 5.32 Å². The van der Waals surface area contributed by atoms with Gasteiger partial charge in [0, 0.05) is 23.1 Å². The number of hydrogen-bond donors (Lipinski definition) is 2. The third kappa shape index (κ3) is 5.17. The smallest absolute Gasteiger partial charge is 0.328 e. The normalized spacial score (nSPS) is 11.1. The zero-order chi connectivity index (χ0) is 21.7. The van der Waals surface area contributed by atoms with Gasteiger partial charge in [-0.3, -0.25) is 0 Å². The van der Waals surface area contributed by atoms with Crippen LogP contribution < -0.4 is 10.0 Å². The minimum atomic E-state index is -3.91. The lowest BCUT2D eigenvalue weighted by Crippen LogP contribution is -2.39. The molecule has 0 spiro atoms. The predicted octanol–water partition coefficient (Wildman–Crippen LogP) is 4.67. The van der Waals surface area contributed by atoms with E-state index in [-0.39, 0.29) is 11.4 Å². The summed E-state index contributed by atoms with van der Waals surface area (Å²) >= 11 is 1.55. The first-order valence-electron chi connectivity index (χ1n) is 9.47. The number of carbonyl (C=O) groups excluding carboxylic acids is 1. The molecule has 0 bridgehead atoms. The molecule has 6 nitrogen and oxygen atoms in total. The van der Waals surface area contributed by atoms with E-state index in [9.17, 15) is 13.2 Å². The van der Waals surface area contributed by atoms with Crippen molar-refractivity contribution in [1.82, 2.24) is 15.0 Å². The van der Waals surface area contributed by atoms with E-state index in [1.54, 1.807) is 29.5 Å². The molecule has 1 aromatic heterocycles. The maximum absolute atomic E-state index is 12.2. The van der Waals surface area contributed by atoms with Crippen molar-refractivity contribution >= 4 is 27.4 Å². The van der Waals surface area contributed by atoms with E-state index in [0.717, 1.165) is 27.4 Å². The summed E-state index contributed by atoms with van der Waals surface area (Å²) in [6.07, 6.45) is 0. The molecule has 0 unspecified atom stereocenters. The Hall–Kier alpha value is -3.49. The minimum absolute atomic E-state index is 0.0325. The molecule has 0 fully saturated rings. The Labute approximate surface area is 184 Å². The van der Waals surface area contributed by atoms with Crippen LogP contribution in [-0.4, -0.2) is 19.4 Å². The molecule has 0 radical (unpaired) electrons. The van der Waals surface area contributed by atoms with Crippen LogP contribution in [0.25, 0.3) is 21.8 Å². The number of thiazole rings is 1. The monoisotopic (exact) mass is 449 g/mol. The van der Waals surface area contributed by atoms with Crippen LogP contribution in [0.4, 0.5) is 4.79 Å². The van der Waals surface area contributed by atoms with Gasteiger partial charge in [-0.1, -0.05) is 66.7 Å². The first-order chi connectivity index (χ1) is 15.0. The van der Waals surface area contributed by atoms with E-state index in [1.165, 1.54) is 12.1 Å². The summed E-state index contributed by atoms with van der Waals surface area (Å²) in [5.74, 6) is 0. The molecule has 0 aliphatic rings. The molecule has 0 saturated heterocycles. The van der Waals surface area contributed by atoms with Crippen molar-refractivity contribution < 1.29 is 13.2 Å². The van der Waals surface area contributed by atoms with Crippen molar-refractivity contribution in [2.24, 2.45) is 0 Å². The SMILES string of the molecule is O=C(NCc1cccc(-c2nc(-c3ccccc3)cs2)c1)NS(=O)(=O)c1ccccc1. The fraction of sp³-hybridized carbons (Fsp3) is 0.0435. The average molecular weight is 450 g/mol. The van der Waals surface area contributed by atoms with Gasteiger partial charge in [-0.15, -0.1) is 11.3 Å². The van der Waals surface area contributed by atoms with Gasteiger partial charge in [0.2, 0.25) is 0 Å². The fourth-order valence-electron chi connectivity index (χ4n) is 2.96. The second-order valence-electron chi connectivity index (χ2n) is 6.71. The summed E-state index contributed by atoms with van der Waals surface area (Å²) in [6.45, 7) is 0.181. The summed E-state index contributed by atoms with van der Waals surface area (Å²) in [5.41, 5.74) is 3.73. The van der Waals surface area contributed by atoms with Crippen molar-refractivity contribution in [3.63, 3.8) is 0 Å². The van der Waals surface area contributed by atoms with E-state index in [2.05, 4.69) is 5.32 Å². The van der Waals surface area contributed by atoms with Crippen molar-refractivity contribution in [3.05, 3.63) is 95.9 Å². The van der Waals surface area contributed by atoms with Gasteiger partial charge in [0.05, 0.1) is 10.6 Å². The number of nitrogens with zero attached hydrogens (tertiary/aromatic N) is 1. The second kappa shape index (κ2) is 9.11. The molecule has 8 heteroatoms. The van der Waals surface area contributed by atoms with Crippen LogP contribution in [0.5, 0.6) is 0 Å². The fourth-order valence-corrected chi connectivity index (χ4v) is 4.74. The van der Waals surface area contributed by atoms with Crippen LogP contribution in [0, 0.1) is 0 Å². The maximum atomic E-state index is 12.2. The molecule has 156 valence electrons. The van der Waals surface area contributed by atoms with E-state index in [1.807, 2.05) is 64.7 Å². The van der Waals surface area contributed by atoms with Crippen LogP contribution in [0.1, 0.15) is 5.56 Å². The van der Waals surface area contributed by atoms with Gasteiger partial charge in [0.15, 0.2) is 0 Å². The second-order valence-corrected chi connectivity index (χ2v) is 9.25. The maximum Gasteiger partial charge on any atom is 0.328 e. The number of rotatable bonds is 6. The number of sulfonamides is 1. The average Bonchev–Trinajstić information content (AvgIpc) is 3.29. The van der Waals surface area contributed by atoms with Crippen LogP contribution in [0.3, 0.4) is 0 Å². The molecule has 4 rings (SSSR count). The third-order valence-electron chi connectivity index (χ3n) is 4.48. The number of amides is 2. The molecule has 2 N–H and O–H groups in total. The van der Waals surface area contributed by atoms with Crippen molar-refractivity contribution in [3.8, 4) is 21.8 Å². The third-order valence-corrected chi connectivity index (χ3v) is 6.72. The van der Waals surface area contributed by atoms with Crippen LogP contribution in [0.15, 0.2) is 95.2 Å². The molecule has 3 aromatic carbocycles. The summed E-state index contributed by atoms with van der Waals surface area (Å²) in [7, 11) is -3.91. The molecule has 0 saturated carbocycles. The molecule has 31 heavy (non-hydrogen) atoms. The summed E-state index contributed by atoms with van der Waals surface area (Å²) in [6, 6.07) is 24.6. The number of carbonyl (C=O) groups is 1. The van der Waals surface area contributed by atoms with E-state index < -0.39 is 16.1 Å². The Bertz CT molecular complexity index is 1290. The molecular weight excluding hydrogens is 430 g/mol. The Balaban J connectivity index is 1.41. The first kappa shape index (κ1) is 20.8. The number of benzene rings is 3. The van der Waals surface area contributed by atoms with Gasteiger partial charge in [0.1, 0.15) is 5.01 Å². The Kier molecular flexibility index (Phi) is 6.11. The lowest BCUT2D eigenvalue weighted by atomic mass is 10.1. The van der Waals surface area contributed by atoms with E-state index in [4.69, 9.17) is 4.98 Å². The number of nitrogens with one attached hydrogen (secondary N) is 2. The van der Waals surface area contributed by atoms with Crippen molar-refractivity contribution in [1.29, 1.82) is 0 Å². The topological polar surface area (TPSA) is 88.2 Å². The molecule has 0 atom stereocenters. The predicted molar refractivity (Wildman–Crippen MR) is 122 cm³/mol. The van der Waals surface area contributed by atoms with Gasteiger partial charge in [0.25, 0.3) is 10.0 Å². The highest BCUT2D eigenvalue weighted by Gasteiger charge is 2.16.